The maximum atomic E-state index is 13.1. The molecule has 4 nitrogen and oxygen atoms in total. The lowest BCUT2D eigenvalue weighted by Crippen LogP contribution is -2.26. The zero-order chi connectivity index (χ0) is 26.5. The van der Waals surface area contributed by atoms with Gasteiger partial charge in [-0.05, 0) is 72.7 Å². The second kappa shape index (κ2) is 9.14. The van der Waals surface area contributed by atoms with E-state index in [4.69, 9.17) is 4.18 Å². The van der Waals surface area contributed by atoms with Crippen LogP contribution in [-0.2, 0) is 19.7 Å². The van der Waals surface area contributed by atoms with E-state index in [0.717, 1.165) is 28.2 Å². The normalized spacial score (nSPS) is 18.8. The summed E-state index contributed by atoms with van der Waals surface area (Å²) in [4.78, 5) is 0. The maximum absolute atomic E-state index is 13.1. The quantitative estimate of drug-likeness (QED) is 0.261. The Labute approximate surface area is 210 Å². The third-order valence-corrected chi connectivity index (χ3v) is 7.74. The number of aryl methyl sites for hydroxylation is 2. The van der Waals surface area contributed by atoms with Gasteiger partial charge in [0.1, 0.15) is 5.76 Å². The molecule has 0 saturated heterocycles. The second-order valence-electron chi connectivity index (χ2n) is 10.3. The van der Waals surface area contributed by atoms with E-state index in [1.165, 1.54) is 6.08 Å². The van der Waals surface area contributed by atoms with Crippen LogP contribution >= 0.6 is 0 Å². The van der Waals surface area contributed by atoms with Crippen LogP contribution in [0.15, 0.2) is 72.5 Å². The summed E-state index contributed by atoms with van der Waals surface area (Å²) in [5, 5.41) is 0. The number of halogens is 3. The SMILES string of the molecule is Cc1ccc(C)n1-c1ccc(C2CC=C(OS(=O)(=O)C(F)(F)F)C2c2ccc(C(C)(C)C)cc2)cc1. The van der Waals surface area contributed by atoms with Crippen molar-refractivity contribution in [3.8, 4) is 5.69 Å². The van der Waals surface area contributed by atoms with Gasteiger partial charge in [0.25, 0.3) is 0 Å². The van der Waals surface area contributed by atoms with Crippen molar-refractivity contribution in [1.82, 2.24) is 4.57 Å². The zero-order valence-corrected chi connectivity index (χ0v) is 21.7. The molecule has 192 valence electrons. The Bertz CT molecular complexity index is 1360. The van der Waals surface area contributed by atoms with Gasteiger partial charge in [-0.15, -0.1) is 0 Å². The predicted octanol–water partition coefficient (Wildman–Crippen LogP) is 7.41. The molecule has 1 heterocycles. The van der Waals surface area contributed by atoms with Crippen LogP contribution < -0.4 is 0 Å². The third-order valence-electron chi connectivity index (χ3n) is 6.76. The summed E-state index contributed by atoms with van der Waals surface area (Å²) < 4.78 is 69.9. The number of hydrogen-bond donors (Lipinski definition) is 0. The maximum Gasteiger partial charge on any atom is 0.534 e. The van der Waals surface area contributed by atoms with Crippen molar-refractivity contribution in [2.24, 2.45) is 0 Å². The average Bonchev–Trinajstić information content (AvgIpc) is 3.35. The summed E-state index contributed by atoms with van der Waals surface area (Å²) in [6.45, 7) is 10.2. The summed E-state index contributed by atoms with van der Waals surface area (Å²) in [7, 11) is -5.78. The summed E-state index contributed by atoms with van der Waals surface area (Å²) in [5.74, 6) is -1.14. The molecule has 2 aromatic carbocycles. The molecule has 4 rings (SSSR count). The third kappa shape index (κ3) is 4.96. The molecule has 3 aromatic rings. The molecule has 0 N–H and O–H groups in total. The highest BCUT2D eigenvalue weighted by Crippen LogP contribution is 2.48. The van der Waals surface area contributed by atoms with E-state index >= 15 is 0 Å². The highest BCUT2D eigenvalue weighted by atomic mass is 32.2. The van der Waals surface area contributed by atoms with Gasteiger partial charge < -0.3 is 8.75 Å². The van der Waals surface area contributed by atoms with E-state index in [1.807, 2.05) is 74.5 Å². The van der Waals surface area contributed by atoms with Gasteiger partial charge in [0.15, 0.2) is 0 Å². The number of allylic oxidation sites excluding steroid dienone is 2. The smallest absolute Gasteiger partial charge is 0.380 e. The molecule has 8 heteroatoms. The summed E-state index contributed by atoms with van der Waals surface area (Å²) in [6.07, 6.45) is 1.82. The lowest BCUT2D eigenvalue weighted by Gasteiger charge is -2.26. The Morgan fingerprint density at radius 1 is 0.833 bits per heavy atom. The number of nitrogens with zero attached hydrogens (tertiary/aromatic N) is 1. The van der Waals surface area contributed by atoms with Gasteiger partial charge in [-0.25, -0.2) is 0 Å². The monoisotopic (exact) mass is 517 g/mol. The minimum absolute atomic E-state index is 0.104. The van der Waals surface area contributed by atoms with Crippen molar-refractivity contribution in [3.05, 3.63) is 101 Å². The van der Waals surface area contributed by atoms with Crippen LogP contribution in [0.2, 0.25) is 0 Å². The molecule has 1 aliphatic rings. The van der Waals surface area contributed by atoms with Crippen molar-refractivity contribution in [2.75, 3.05) is 0 Å². The number of hydrogen-bond acceptors (Lipinski definition) is 3. The summed E-state index contributed by atoms with van der Waals surface area (Å²) in [6, 6.07) is 19.5. The fraction of sp³-hybridized carbons (Fsp3) is 0.357. The molecule has 0 spiro atoms. The van der Waals surface area contributed by atoms with Crippen molar-refractivity contribution in [3.63, 3.8) is 0 Å². The standard InChI is InChI=1S/C28H30F3NO3S/c1-18-6-7-19(2)32(18)23-14-10-20(11-15-23)24-16-17-25(35-36(33,34)28(29,30)31)26(24)21-8-12-22(13-9-21)27(3,4)5/h6-15,17,24,26H,16H2,1-5H3. The molecule has 0 bridgehead atoms. The first kappa shape index (κ1) is 26.1. The molecule has 0 saturated carbocycles. The number of rotatable bonds is 5. The van der Waals surface area contributed by atoms with Crippen LogP contribution in [0, 0.1) is 13.8 Å². The molecule has 0 aliphatic heterocycles. The molecule has 0 fully saturated rings. The minimum Gasteiger partial charge on any atom is -0.380 e. The Hall–Kier alpha value is -3.00. The van der Waals surface area contributed by atoms with Gasteiger partial charge in [0, 0.05) is 23.0 Å². The van der Waals surface area contributed by atoms with Crippen molar-refractivity contribution in [1.29, 1.82) is 0 Å². The zero-order valence-electron chi connectivity index (χ0n) is 20.9. The van der Waals surface area contributed by atoms with E-state index in [-0.39, 0.29) is 17.1 Å². The Morgan fingerprint density at radius 3 is 1.86 bits per heavy atom. The van der Waals surface area contributed by atoms with Crippen molar-refractivity contribution < 1.29 is 25.8 Å². The molecule has 1 aliphatic carbocycles. The first-order chi connectivity index (χ1) is 16.7. The van der Waals surface area contributed by atoms with E-state index in [0.29, 0.717) is 12.0 Å². The van der Waals surface area contributed by atoms with E-state index in [2.05, 4.69) is 25.3 Å². The first-order valence-corrected chi connectivity index (χ1v) is 13.2. The van der Waals surface area contributed by atoms with Crippen molar-refractivity contribution >= 4 is 10.1 Å². The Morgan fingerprint density at radius 2 is 1.36 bits per heavy atom. The Kier molecular flexibility index (Phi) is 6.62. The number of alkyl halides is 3. The summed E-state index contributed by atoms with van der Waals surface area (Å²) in [5.41, 5.74) is 0.220. The van der Waals surface area contributed by atoms with Crippen LogP contribution in [0.1, 0.15) is 67.1 Å². The molecule has 0 amide bonds. The fourth-order valence-corrected chi connectivity index (χ4v) is 5.35. The molecular formula is C28H30F3NO3S. The largest absolute Gasteiger partial charge is 0.534 e. The molecule has 2 unspecified atom stereocenters. The van der Waals surface area contributed by atoms with Crippen LogP contribution in [0.3, 0.4) is 0 Å². The predicted molar refractivity (Wildman–Crippen MR) is 135 cm³/mol. The molecule has 36 heavy (non-hydrogen) atoms. The van der Waals surface area contributed by atoms with Gasteiger partial charge in [-0.2, -0.15) is 21.6 Å². The first-order valence-electron chi connectivity index (χ1n) is 11.8. The molecule has 0 radical (unpaired) electrons. The van der Waals surface area contributed by atoms with E-state index in [9.17, 15) is 21.6 Å². The number of aromatic nitrogens is 1. The molecule has 2 atom stereocenters. The highest BCUT2D eigenvalue weighted by molar-refractivity contribution is 7.87. The van der Waals surface area contributed by atoms with Crippen molar-refractivity contribution in [2.45, 2.75) is 63.8 Å². The highest BCUT2D eigenvalue weighted by Gasteiger charge is 2.50. The van der Waals surface area contributed by atoms with E-state index < -0.39 is 21.5 Å². The van der Waals surface area contributed by atoms with Crippen LogP contribution in [-0.4, -0.2) is 18.5 Å². The van der Waals surface area contributed by atoms with Gasteiger partial charge >= 0.3 is 15.6 Å². The van der Waals surface area contributed by atoms with Crippen LogP contribution in [0.4, 0.5) is 13.2 Å². The van der Waals surface area contributed by atoms with Gasteiger partial charge in [-0.1, -0.05) is 57.2 Å². The lowest BCUT2D eigenvalue weighted by molar-refractivity contribution is -0.0524. The average molecular weight is 518 g/mol. The second-order valence-corrected chi connectivity index (χ2v) is 11.9. The van der Waals surface area contributed by atoms with Crippen LogP contribution in [0.5, 0.6) is 0 Å². The van der Waals surface area contributed by atoms with Gasteiger partial charge in [0.05, 0.1) is 5.92 Å². The van der Waals surface area contributed by atoms with Gasteiger partial charge in [-0.3, -0.25) is 0 Å². The molecular weight excluding hydrogens is 487 g/mol. The molecule has 1 aromatic heterocycles. The fourth-order valence-electron chi connectivity index (χ4n) is 4.83. The topological polar surface area (TPSA) is 48.3 Å². The minimum atomic E-state index is -5.78. The van der Waals surface area contributed by atoms with E-state index in [1.54, 1.807) is 0 Å². The Balaban J connectivity index is 1.71. The van der Waals surface area contributed by atoms with Crippen LogP contribution in [0.25, 0.3) is 5.69 Å². The number of benzene rings is 2. The lowest BCUT2D eigenvalue weighted by atomic mass is 9.81. The van der Waals surface area contributed by atoms with Gasteiger partial charge in [0.2, 0.25) is 0 Å². The summed E-state index contributed by atoms with van der Waals surface area (Å²) >= 11 is 0.